The molecule has 0 saturated carbocycles. The summed E-state index contributed by atoms with van der Waals surface area (Å²) in [6.45, 7) is -0.121. The number of nitrogens with one attached hydrogen (secondary N) is 1. The van der Waals surface area contributed by atoms with Gasteiger partial charge in [0.15, 0.2) is 0 Å². The van der Waals surface area contributed by atoms with E-state index < -0.39 is 23.9 Å². The Labute approximate surface area is 99.5 Å². The molecule has 1 aliphatic rings. The zero-order valence-corrected chi connectivity index (χ0v) is 9.10. The Morgan fingerprint density at radius 2 is 2.12 bits per heavy atom. The number of alkyl carbamates (subject to hydrolysis) is 1. The molecule has 1 aliphatic heterocycles. The Morgan fingerprint density at radius 1 is 1.41 bits per heavy atom. The number of carbonyl (C=O) groups is 1. The number of hydrogen-bond donors (Lipinski definition) is 1. The molecule has 92 valence electrons. The smallest absolute Gasteiger partial charge is 0.416 e. The van der Waals surface area contributed by atoms with Crippen LogP contribution in [0.15, 0.2) is 18.2 Å². The Balaban J connectivity index is 2.43. The van der Waals surface area contributed by atoms with Crippen molar-refractivity contribution in [2.45, 2.75) is 12.2 Å². The van der Waals surface area contributed by atoms with Gasteiger partial charge in [0.1, 0.15) is 6.61 Å². The quantitative estimate of drug-likeness (QED) is 0.847. The van der Waals surface area contributed by atoms with Crippen LogP contribution in [-0.2, 0) is 10.9 Å². The van der Waals surface area contributed by atoms with Gasteiger partial charge in [-0.2, -0.15) is 13.2 Å². The van der Waals surface area contributed by atoms with Gasteiger partial charge in [0, 0.05) is 5.02 Å². The molecule has 0 aromatic heterocycles. The van der Waals surface area contributed by atoms with Gasteiger partial charge in [-0.15, -0.1) is 0 Å². The van der Waals surface area contributed by atoms with Crippen molar-refractivity contribution in [2.75, 3.05) is 6.61 Å². The highest BCUT2D eigenvalue weighted by molar-refractivity contribution is 6.30. The van der Waals surface area contributed by atoms with Crippen molar-refractivity contribution < 1.29 is 22.7 Å². The summed E-state index contributed by atoms with van der Waals surface area (Å²) in [7, 11) is 0. The van der Waals surface area contributed by atoms with Crippen LogP contribution in [0.1, 0.15) is 17.2 Å². The first-order valence-electron chi connectivity index (χ1n) is 4.68. The van der Waals surface area contributed by atoms with Gasteiger partial charge in [-0.25, -0.2) is 4.79 Å². The summed E-state index contributed by atoms with van der Waals surface area (Å²) in [5, 5.41) is 2.29. The van der Waals surface area contributed by atoms with Gasteiger partial charge in [-0.1, -0.05) is 17.7 Å². The molecule has 3 nitrogen and oxygen atoms in total. The van der Waals surface area contributed by atoms with Gasteiger partial charge in [0.05, 0.1) is 11.6 Å². The minimum atomic E-state index is -4.52. The van der Waals surface area contributed by atoms with Crippen LogP contribution in [0.25, 0.3) is 0 Å². The minimum absolute atomic E-state index is 0.00804. The maximum absolute atomic E-state index is 12.8. The second kappa shape index (κ2) is 4.10. The lowest BCUT2D eigenvalue weighted by atomic mass is 10.0. The molecular formula is C10H7ClF3NO2. The van der Waals surface area contributed by atoms with Gasteiger partial charge in [0.25, 0.3) is 0 Å². The van der Waals surface area contributed by atoms with Crippen LogP contribution < -0.4 is 5.32 Å². The number of cyclic esters (lactones) is 1. The molecule has 1 aromatic carbocycles. The molecule has 1 amide bonds. The first-order chi connectivity index (χ1) is 7.88. The molecule has 1 N–H and O–H groups in total. The summed E-state index contributed by atoms with van der Waals surface area (Å²) in [5.41, 5.74) is -0.909. The van der Waals surface area contributed by atoms with E-state index in [-0.39, 0.29) is 17.2 Å². The second-order valence-electron chi connectivity index (χ2n) is 3.52. The summed E-state index contributed by atoms with van der Waals surface area (Å²) in [6.07, 6.45) is -5.24. The molecule has 0 unspecified atom stereocenters. The fourth-order valence-corrected chi connectivity index (χ4v) is 1.80. The van der Waals surface area contributed by atoms with E-state index in [4.69, 9.17) is 11.6 Å². The molecule has 7 heteroatoms. The predicted octanol–water partition coefficient (Wildman–Crippen LogP) is 3.14. The van der Waals surface area contributed by atoms with E-state index in [0.29, 0.717) is 0 Å². The summed E-state index contributed by atoms with van der Waals surface area (Å²) in [5.74, 6) is 0. The lowest BCUT2D eigenvalue weighted by molar-refractivity contribution is -0.138. The lowest BCUT2D eigenvalue weighted by Crippen LogP contribution is -2.22. The van der Waals surface area contributed by atoms with Crippen LogP contribution in [0.3, 0.4) is 0 Å². The molecule has 2 rings (SSSR count). The maximum atomic E-state index is 12.8. The molecular weight excluding hydrogens is 259 g/mol. The third kappa shape index (κ3) is 2.46. The Hall–Kier alpha value is -1.43. The van der Waals surface area contributed by atoms with E-state index in [1.807, 2.05) is 0 Å². The molecule has 0 spiro atoms. The molecule has 1 saturated heterocycles. The number of halogens is 4. The molecule has 1 atom stereocenters. The van der Waals surface area contributed by atoms with E-state index in [2.05, 4.69) is 10.1 Å². The maximum Gasteiger partial charge on any atom is 0.416 e. The van der Waals surface area contributed by atoms with Crippen LogP contribution in [0.4, 0.5) is 18.0 Å². The van der Waals surface area contributed by atoms with Crippen molar-refractivity contribution in [3.8, 4) is 0 Å². The molecule has 1 aromatic rings. The number of rotatable bonds is 1. The SMILES string of the molecule is O=C1N[C@@H](c2ccc(Cl)cc2C(F)(F)F)CO1. The first kappa shape index (κ1) is 12.0. The molecule has 17 heavy (non-hydrogen) atoms. The van der Waals surface area contributed by atoms with Crippen LogP contribution in [0, 0.1) is 0 Å². The average molecular weight is 266 g/mol. The zero-order valence-electron chi connectivity index (χ0n) is 8.34. The summed E-state index contributed by atoms with van der Waals surface area (Å²) >= 11 is 5.54. The first-order valence-corrected chi connectivity index (χ1v) is 5.05. The summed E-state index contributed by atoms with van der Waals surface area (Å²) in [4.78, 5) is 10.8. The third-order valence-electron chi connectivity index (χ3n) is 2.37. The second-order valence-corrected chi connectivity index (χ2v) is 3.96. The van der Waals surface area contributed by atoms with E-state index in [1.165, 1.54) is 12.1 Å². The van der Waals surface area contributed by atoms with Crippen LogP contribution in [-0.4, -0.2) is 12.7 Å². The normalized spacial score (nSPS) is 20.0. The van der Waals surface area contributed by atoms with E-state index in [0.717, 1.165) is 6.07 Å². The average Bonchev–Trinajstić information content (AvgIpc) is 2.63. The number of amides is 1. The van der Waals surface area contributed by atoms with E-state index >= 15 is 0 Å². The fourth-order valence-electron chi connectivity index (χ4n) is 1.63. The Bertz CT molecular complexity index is 461. The minimum Gasteiger partial charge on any atom is -0.447 e. The lowest BCUT2D eigenvalue weighted by Gasteiger charge is -2.16. The topological polar surface area (TPSA) is 38.3 Å². The number of ether oxygens (including phenoxy) is 1. The number of carbonyl (C=O) groups excluding carboxylic acids is 1. The van der Waals surface area contributed by atoms with Crippen LogP contribution >= 0.6 is 11.6 Å². The molecule has 0 bridgehead atoms. The highest BCUT2D eigenvalue weighted by Crippen LogP contribution is 2.37. The van der Waals surface area contributed by atoms with Crippen molar-refractivity contribution in [3.63, 3.8) is 0 Å². The molecule has 0 radical (unpaired) electrons. The predicted molar refractivity (Wildman–Crippen MR) is 53.7 cm³/mol. The number of benzene rings is 1. The van der Waals surface area contributed by atoms with Crippen molar-refractivity contribution >= 4 is 17.7 Å². The third-order valence-corrected chi connectivity index (χ3v) is 2.60. The standard InChI is InChI=1S/C10H7ClF3NO2/c11-5-1-2-6(7(3-5)10(12,13)14)8-4-17-9(16)15-8/h1-3,8H,4H2,(H,15,16)/t8-/m1/s1. The summed E-state index contributed by atoms with van der Waals surface area (Å²) < 4.78 is 42.9. The molecule has 1 fully saturated rings. The van der Waals surface area contributed by atoms with Crippen molar-refractivity contribution in [1.82, 2.24) is 5.32 Å². The largest absolute Gasteiger partial charge is 0.447 e. The Morgan fingerprint density at radius 3 is 2.65 bits per heavy atom. The number of alkyl halides is 3. The van der Waals surface area contributed by atoms with Gasteiger partial charge in [0.2, 0.25) is 0 Å². The van der Waals surface area contributed by atoms with Crippen LogP contribution in [0.2, 0.25) is 5.02 Å². The van der Waals surface area contributed by atoms with Gasteiger partial charge >= 0.3 is 12.3 Å². The monoisotopic (exact) mass is 265 g/mol. The van der Waals surface area contributed by atoms with Crippen molar-refractivity contribution in [1.29, 1.82) is 0 Å². The zero-order chi connectivity index (χ0) is 12.6. The van der Waals surface area contributed by atoms with Crippen molar-refractivity contribution in [2.24, 2.45) is 0 Å². The van der Waals surface area contributed by atoms with E-state index in [1.54, 1.807) is 0 Å². The highest BCUT2D eigenvalue weighted by atomic mass is 35.5. The Kier molecular flexibility index (Phi) is 2.91. The fraction of sp³-hybridized carbons (Fsp3) is 0.300. The van der Waals surface area contributed by atoms with Crippen LogP contribution in [0.5, 0.6) is 0 Å². The van der Waals surface area contributed by atoms with Gasteiger partial charge in [-0.05, 0) is 17.7 Å². The van der Waals surface area contributed by atoms with Gasteiger partial charge < -0.3 is 10.1 Å². The molecule has 1 heterocycles. The van der Waals surface area contributed by atoms with Crippen molar-refractivity contribution in [3.05, 3.63) is 34.3 Å². The highest BCUT2D eigenvalue weighted by Gasteiger charge is 2.37. The summed E-state index contributed by atoms with van der Waals surface area (Å²) in [6, 6.07) is 2.62. The van der Waals surface area contributed by atoms with Gasteiger partial charge in [-0.3, -0.25) is 0 Å². The van der Waals surface area contributed by atoms with E-state index in [9.17, 15) is 18.0 Å². The molecule has 0 aliphatic carbocycles. The number of hydrogen-bond acceptors (Lipinski definition) is 2.